The maximum atomic E-state index is 13.6. The van der Waals surface area contributed by atoms with Crippen molar-refractivity contribution in [3.05, 3.63) is 64.7 Å². The molecule has 1 aliphatic rings. The van der Waals surface area contributed by atoms with Gasteiger partial charge in [-0.3, -0.25) is 14.7 Å². The maximum Gasteiger partial charge on any atom is 0.416 e. The lowest BCUT2D eigenvalue weighted by Gasteiger charge is -2.33. The molecule has 144 valence electrons. The number of carbonyl (C=O) groups is 1. The van der Waals surface area contributed by atoms with Crippen molar-refractivity contribution in [2.24, 2.45) is 5.73 Å². The quantitative estimate of drug-likeness (QED) is 0.825. The van der Waals surface area contributed by atoms with Gasteiger partial charge in [0.15, 0.2) is 0 Å². The summed E-state index contributed by atoms with van der Waals surface area (Å²) < 4.78 is 57.8. The maximum absolute atomic E-state index is 13.6. The minimum absolute atomic E-state index is 0.130. The fourth-order valence-electron chi connectivity index (χ4n) is 2.95. The number of aromatic nitrogens is 1. The van der Waals surface area contributed by atoms with E-state index in [0.29, 0.717) is 25.8 Å². The third kappa shape index (κ3) is 4.81. The van der Waals surface area contributed by atoms with Crippen LogP contribution in [-0.4, -0.2) is 35.5 Å². The van der Waals surface area contributed by atoms with Crippen LogP contribution in [-0.2, 0) is 17.5 Å². The van der Waals surface area contributed by atoms with Gasteiger partial charge in [-0.2, -0.15) is 13.2 Å². The molecular weight excluding hydrogens is 366 g/mol. The number of halogens is 4. The number of alkyl halides is 3. The van der Waals surface area contributed by atoms with Crippen LogP contribution in [0.3, 0.4) is 0 Å². The van der Waals surface area contributed by atoms with Crippen molar-refractivity contribution in [3.63, 3.8) is 0 Å². The molecule has 5 nitrogen and oxygen atoms in total. The van der Waals surface area contributed by atoms with Gasteiger partial charge in [-0.25, -0.2) is 4.39 Å². The Labute approximate surface area is 152 Å². The molecule has 1 aromatic carbocycles. The van der Waals surface area contributed by atoms with E-state index in [9.17, 15) is 22.4 Å². The van der Waals surface area contributed by atoms with Gasteiger partial charge < -0.3 is 10.5 Å². The molecule has 1 unspecified atom stereocenters. The highest BCUT2D eigenvalue weighted by molar-refractivity contribution is 5.90. The molecule has 9 heteroatoms. The van der Waals surface area contributed by atoms with E-state index in [4.69, 9.17) is 10.5 Å². The first kappa shape index (κ1) is 19.2. The summed E-state index contributed by atoms with van der Waals surface area (Å²) in [5, 5.41) is 0. The topological polar surface area (TPSA) is 68.5 Å². The third-order valence-corrected chi connectivity index (χ3v) is 4.25. The van der Waals surface area contributed by atoms with E-state index in [2.05, 4.69) is 4.98 Å². The van der Waals surface area contributed by atoms with Gasteiger partial charge in [0.1, 0.15) is 11.5 Å². The number of amides is 1. The van der Waals surface area contributed by atoms with Crippen LogP contribution in [0.5, 0.6) is 0 Å². The third-order valence-electron chi connectivity index (χ3n) is 4.25. The summed E-state index contributed by atoms with van der Waals surface area (Å²) in [4.78, 5) is 16.9. The molecule has 3 rings (SSSR count). The smallest absolute Gasteiger partial charge is 0.371 e. The predicted octanol–water partition coefficient (Wildman–Crippen LogP) is 2.91. The summed E-state index contributed by atoms with van der Waals surface area (Å²) >= 11 is 0. The van der Waals surface area contributed by atoms with Gasteiger partial charge in [-0.1, -0.05) is 6.07 Å². The molecule has 0 aliphatic carbocycles. The normalized spacial score (nSPS) is 18.4. The van der Waals surface area contributed by atoms with Crippen LogP contribution in [0, 0.1) is 5.82 Å². The van der Waals surface area contributed by atoms with E-state index >= 15 is 0 Å². The number of nitrogens with zero attached hydrogens (tertiary/aromatic N) is 2. The summed E-state index contributed by atoms with van der Waals surface area (Å²) in [6, 6.07) is 5.70. The van der Waals surface area contributed by atoms with Crippen LogP contribution in [0.15, 0.2) is 36.5 Å². The summed E-state index contributed by atoms with van der Waals surface area (Å²) in [7, 11) is 0. The number of primary amides is 1. The van der Waals surface area contributed by atoms with E-state index < -0.39 is 23.5 Å². The average molecular weight is 383 g/mol. The SMILES string of the molecule is NC(=O)c1ccc(C2CN(Cc3cc(F)cc(C(F)(F)F)c3)CCO2)cn1. The molecule has 0 saturated carbocycles. The Morgan fingerprint density at radius 1 is 1.30 bits per heavy atom. The van der Waals surface area contributed by atoms with Gasteiger partial charge in [0.2, 0.25) is 0 Å². The molecule has 1 amide bonds. The Morgan fingerprint density at radius 3 is 2.70 bits per heavy atom. The first-order chi connectivity index (χ1) is 12.7. The second kappa shape index (κ2) is 7.61. The number of hydrogen-bond acceptors (Lipinski definition) is 4. The highest BCUT2D eigenvalue weighted by Crippen LogP contribution is 2.31. The molecule has 1 saturated heterocycles. The number of rotatable bonds is 4. The van der Waals surface area contributed by atoms with Gasteiger partial charge in [0.25, 0.3) is 5.91 Å². The van der Waals surface area contributed by atoms with Gasteiger partial charge in [0.05, 0.1) is 18.3 Å². The van der Waals surface area contributed by atoms with Gasteiger partial charge in [0, 0.05) is 31.4 Å². The molecule has 0 bridgehead atoms. The zero-order valence-electron chi connectivity index (χ0n) is 14.2. The molecule has 0 radical (unpaired) electrons. The number of nitrogens with two attached hydrogens (primary N) is 1. The van der Waals surface area contributed by atoms with Gasteiger partial charge in [-0.05, 0) is 29.8 Å². The van der Waals surface area contributed by atoms with E-state index in [-0.39, 0.29) is 23.9 Å². The molecule has 2 heterocycles. The molecule has 1 aromatic heterocycles. The van der Waals surface area contributed by atoms with Crippen LogP contribution >= 0.6 is 0 Å². The Balaban J connectivity index is 1.71. The lowest BCUT2D eigenvalue weighted by Crippen LogP contribution is -2.38. The molecule has 1 atom stereocenters. The van der Waals surface area contributed by atoms with Crippen molar-refractivity contribution in [3.8, 4) is 0 Å². The van der Waals surface area contributed by atoms with E-state index in [1.165, 1.54) is 12.3 Å². The second-order valence-corrected chi connectivity index (χ2v) is 6.28. The van der Waals surface area contributed by atoms with Crippen molar-refractivity contribution >= 4 is 5.91 Å². The van der Waals surface area contributed by atoms with Crippen LogP contribution in [0.1, 0.15) is 33.3 Å². The zero-order chi connectivity index (χ0) is 19.6. The van der Waals surface area contributed by atoms with Gasteiger partial charge in [-0.15, -0.1) is 0 Å². The standard InChI is InChI=1S/C18H17F4N3O2/c19-14-6-11(5-13(7-14)18(20,21)22)9-25-3-4-27-16(10-25)12-1-2-15(17(23)26)24-8-12/h1-2,5-8,16H,3-4,9-10H2,(H2,23,26). The molecule has 27 heavy (non-hydrogen) atoms. The molecule has 0 spiro atoms. The predicted molar refractivity (Wildman–Crippen MR) is 88.1 cm³/mol. The molecule has 1 fully saturated rings. The van der Waals surface area contributed by atoms with Gasteiger partial charge >= 0.3 is 6.18 Å². The summed E-state index contributed by atoms with van der Waals surface area (Å²) in [6.45, 7) is 1.42. The van der Waals surface area contributed by atoms with E-state index in [1.807, 2.05) is 4.90 Å². The first-order valence-electron chi connectivity index (χ1n) is 8.19. The van der Waals surface area contributed by atoms with Crippen molar-refractivity contribution in [1.82, 2.24) is 9.88 Å². The fraction of sp³-hybridized carbons (Fsp3) is 0.333. The molecular formula is C18H17F4N3O2. The summed E-state index contributed by atoms with van der Waals surface area (Å²) in [5.41, 5.74) is 5.24. The van der Waals surface area contributed by atoms with E-state index in [1.54, 1.807) is 6.07 Å². The van der Waals surface area contributed by atoms with Crippen LogP contribution in [0.2, 0.25) is 0 Å². The van der Waals surface area contributed by atoms with Crippen molar-refractivity contribution in [2.75, 3.05) is 19.7 Å². The number of carbonyl (C=O) groups excluding carboxylic acids is 1. The minimum Gasteiger partial charge on any atom is -0.371 e. The van der Waals surface area contributed by atoms with Crippen LogP contribution < -0.4 is 5.73 Å². The fourth-order valence-corrected chi connectivity index (χ4v) is 2.95. The number of benzene rings is 1. The molecule has 2 N–H and O–H groups in total. The number of morpholine rings is 1. The Morgan fingerprint density at radius 2 is 2.07 bits per heavy atom. The van der Waals surface area contributed by atoms with Crippen molar-refractivity contribution < 1.29 is 27.1 Å². The Hall–Kier alpha value is -2.52. The zero-order valence-corrected chi connectivity index (χ0v) is 14.2. The molecule has 2 aromatic rings. The van der Waals surface area contributed by atoms with Crippen molar-refractivity contribution in [2.45, 2.75) is 18.8 Å². The lowest BCUT2D eigenvalue weighted by atomic mass is 10.1. The second-order valence-electron chi connectivity index (χ2n) is 6.28. The highest BCUT2D eigenvalue weighted by atomic mass is 19.4. The summed E-state index contributed by atoms with van der Waals surface area (Å²) in [5.74, 6) is -1.56. The first-order valence-corrected chi connectivity index (χ1v) is 8.19. The number of ether oxygens (including phenoxy) is 1. The minimum atomic E-state index is -4.60. The summed E-state index contributed by atoms with van der Waals surface area (Å²) in [6.07, 6.45) is -3.47. The number of pyridine rings is 1. The molecule has 1 aliphatic heterocycles. The Kier molecular flexibility index (Phi) is 5.43. The van der Waals surface area contributed by atoms with E-state index in [0.717, 1.165) is 17.7 Å². The number of hydrogen-bond donors (Lipinski definition) is 1. The largest absolute Gasteiger partial charge is 0.416 e. The monoisotopic (exact) mass is 383 g/mol. The van der Waals surface area contributed by atoms with Crippen molar-refractivity contribution in [1.29, 1.82) is 0 Å². The Bertz CT molecular complexity index is 824. The lowest BCUT2D eigenvalue weighted by molar-refractivity contribution is -0.137. The highest BCUT2D eigenvalue weighted by Gasteiger charge is 2.31. The average Bonchev–Trinajstić information content (AvgIpc) is 2.61. The van der Waals surface area contributed by atoms with Crippen LogP contribution in [0.25, 0.3) is 0 Å². The van der Waals surface area contributed by atoms with Crippen LogP contribution in [0.4, 0.5) is 17.6 Å².